The molecule has 0 fully saturated rings. The van der Waals surface area contributed by atoms with Crippen molar-refractivity contribution in [2.75, 3.05) is 12.5 Å². The minimum Gasteiger partial charge on any atom is -0.466 e. The number of carbonyl (C=O) groups is 1. The van der Waals surface area contributed by atoms with Gasteiger partial charge in [0.25, 0.3) is 0 Å². The molecule has 0 rings (SSSR count). The van der Waals surface area contributed by atoms with Crippen molar-refractivity contribution in [1.82, 2.24) is 0 Å². The zero-order valence-corrected chi connectivity index (χ0v) is 10.1. The van der Waals surface area contributed by atoms with Gasteiger partial charge in [-0.1, -0.05) is 12.8 Å². The average molecular weight is 241 g/mol. The Morgan fingerprint density at radius 3 is 2.64 bits per heavy atom. The second-order valence-corrected chi connectivity index (χ2v) is 4.14. The van der Waals surface area contributed by atoms with Crippen LogP contribution in [0.15, 0.2) is 0 Å². The van der Waals surface area contributed by atoms with Gasteiger partial charge in [0.15, 0.2) is 0 Å². The van der Waals surface area contributed by atoms with Crippen LogP contribution in [0.4, 0.5) is 0 Å². The van der Waals surface area contributed by atoms with Crippen LogP contribution >= 0.6 is 23.2 Å². The smallest absolute Gasteiger partial charge is 0.307 e. The Labute approximate surface area is 95.9 Å². The molecular formula is C10H18Cl2O2. The minimum atomic E-state index is -0.204. The van der Waals surface area contributed by atoms with Gasteiger partial charge >= 0.3 is 5.97 Å². The number of rotatable bonds is 8. The Kier molecular flexibility index (Phi) is 9.63. The Balaban J connectivity index is 3.35. The van der Waals surface area contributed by atoms with Crippen LogP contribution in [0.2, 0.25) is 0 Å². The van der Waals surface area contributed by atoms with Gasteiger partial charge in [0.05, 0.1) is 13.0 Å². The molecule has 0 aromatic carbocycles. The fraction of sp³-hybridized carbons (Fsp3) is 0.900. The van der Waals surface area contributed by atoms with Crippen LogP contribution in [0.25, 0.3) is 0 Å². The molecule has 0 aliphatic heterocycles. The van der Waals surface area contributed by atoms with E-state index in [4.69, 9.17) is 27.9 Å². The first kappa shape index (κ1) is 14.1. The molecule has 0 heterocycles. The van der Waals surface area contributed by atoms with Gasteiger partial charge in [0, 0.05) is 11.3 Å². The molecule has 0 spiro atoms. The van der Waals surface area contributed by atoms with Gasteiger partial charge in [0.1, 0.15) is 0 Å². The summed E-state index contributed by atoms with van der Waals surface area (Å²) in [4.78, 5) is 11.0. The van der Waals surface area contributed by atoms with Crippen LogP contribution < -0.4 is 0 Å². The van der Waals surface area contributed by atoms with Crippen molar-refractivity contribution in [3.8, 4) is 0 Å². The largest absolute Gasteiger partial charge is 0.466 e. The molecule has 14 heavy (non-hydrogen) atoms. The van der Waals surface area contributed by atoms with Gasteiger partial charge in [-0.2, -0.15) is 0 Å². The summed E-state index contributed by atoms with van der Waals surface area (Å²) in [5, 5.41) is -0.0932. The first-order valence-corrected chi connectivity index (χ1v) is 6.03. The molecular weight excluding hydrogens is 223 g/mol. The molecule has 0 saturated heterocycles. The van der Waals surface area contributed by atoms with Crippen LogP contribution in [-0.2, 0) is 9.53 Å². The molecule has 1 unspecified atom stereocenters. The maximum atomic E-state index is 11.0. The van der Waals surface area contributed by atoms with Gasteiger partial charge < -0.3 is 4.74 Å². The lowest BCUT2D eigenvalue weighted by molar-refractivity contribution is -0.143. The van der Waals surface area contributed by atoms with E-state index in [0.29, 0.717) is 18.9 Å². The Hall–Kier alpha value is 0.0500. The fourth-order valence-electron chi connectivity index (χ4n) is 1.14. The summed E-state index contributed by atoms with van der Waals surface area (Å²) in [7, 11) is 0. The first-order chi connectivity index (χ1) is 6.70. The highest BCUT2D eigenvalue weighted by Gasteiger charge is 2.10. The summed E-state index contributed by atoms with van der Waals surface area (Å²) in [5.41, 5.74) is 0. The van der Waals surface area contributed by atoms with Crippen LogP contribution in [0.1, 0.15) is 39.0 Å². The van der Waals surface area contributed by atoms with Gasteiger partial charge in [-0.3, -0.25) is 4.79 Å². The van der Waals surface area contributed by atoms with Crippen molar-refractivity contribution in [2.45, 2.75) is 44.4 Å². The lowest BCUT2D eigenvalue weighted by atomic mass is 10.1. The van der Waals surface area contributed by atoms with E-state index >= 15 is 0 Å². The third kappa shape index (κ3) is 8.64. The lowest BCUT2D eigenvalue weighted by Gasteiger charge is -2.07. The van der Waals surface area contributed by atoms with Gasteiger partial charge in [-0.25, -0.2) is 0 Å². The molecule has 0 aromatic heterocycles. The van der Waals surface area contributed by atoms with E-state index in [1.165, 1.54) is 0 Å². The number of ether oxygens (including phenoxy) is 1. The zero-order chi connectivity index (χ0) is 10.8. The van der Waals surface area contributed by atoms with E-state index in [1.54, 1.807) is 6.92 Å². The van der Waals surface area contributed by atoms with Gasteiger partial charge in [-0.05, 0) is 19.8 Å². The number of esters is 1. The Morgan fingerprint density at radius 1 is 1.36 bits per heavy atom. The summed E-state index contributed by atoms with van der Waals surface area (Å²) < 4.78 is 4.80. The fourth-order valence-corrected chi connectivity index (χ4v) is 1.61. The van der Waals surface area contributed by atoms with E-state index < -0.39 is 0 Å². The third-order valence-electron chi connectivity index (χ3n) is 1.84. The first-order valence-electron chi connectivity index (χ1n) is 5.06. The molecule has 84 valence electrons. The van der Waals surface area contributed by atoms with Crippen molar-refractivity contribution in [3.63, 3.8) is 0 Å². The second-order valence-electron chi connectivity index (χ2n) is 3.14. The number of alkyl halides is 2. The van der Waals surface area contributed by atoms with Crippen LogP contribution in [0.3, 0.4) is 0 Å². The maximum absolute atomic E-state index is 11.0. The topological polar surface area (TPSA) is 26.3 Å². The number of halogens is 2. The summed E-state index contributed by atoms with van der Waals surface area (Å²) in [6, 6.07) is 0. The standard InChI is InChI=1S/C10H18Cl2O2/c1-2-14-10(13)8-9(12)6-4-3-5-7-11/h9H,2-8H2,1H3. The molecule has 4 heteroatoms. The van der Waals surface area contributed by atoms with E-state index in [9.17, 15) is 4.79 Å². The molecule has 0 amide bonds. The summed E-state index contributed by atoms with van der Waals surface area (Å²) in [6.07, 6.45) is 4.30. The summed E-state index contributed by atoms with van der Waals surface area (Å²) in [5.74, 6) is 0.495. The van der Waals surface area contributed by atoms with E-state index in [2.05, 4.69) is 0 Å². The number of hydrogen-bond acceptors (Lipinski definition) is 2. The van der Waals surface area contributed by atoms with Gasteiger partial charge in [-0.15, -0.1) is 23.2 Å². The molecule has 2 nitrogen and oxygen atoms in total. The normalized spacial score (nSPS) is 12.5. The van der Waals surface area contributed by atoms with Crippen LogP contribution in [-0.4, -0.2) is 23.8 Å². The van der Waals surface area contributed by atoms with E-state index in [0.717, 1.165) is 25.7 Å². The predicted octanol–water partition coefficient (Wildman–Crippen LogP) is 3.35. The average Bonchev–Trinajstić information content (AvgIpc) is 2.13. The molecule has 0 N–H and O–H groups in total. The van der Waals surface area contributed by atoms with Gasteiger partial charge in [0.2, 0.25) is 0 Å². The second kappa shape index (κ2) is 9.60. The summed E-state index contributed by atoms with van der Waals surface area (Å²) >= 11 is 11.5. The molecule has 1 atom stereocenters. The molecule has 0 bridgehead atoms. The van der Waals surface area contributed by atoms with Crippen molar-refractivity contribution >= 4 is 29.2 Å². The van der Waals surface area contributed by atoms with Crippen molar-refractivity contribution in [1.29, 1.82) is 0 Å². The van der Waals surface area contributed by atoms with Crippen LogP contribution in [0, 0.1) is 0 Å². The third-order valence-corrected chi connectivity index (χ3v) is 2.48. The van der Waals surface area contributed by atoms with E-state index in [-0.39, 0.29) is 11.3 Å². The van der Waals surface area contributed by atoms with Crippen LogP contribution in [0.5, 0.6) is 0 Å². The molecule has 0 saturated carbocycles. The lowest BCUT2D eigenvalue weighted by Crippen LogP contribution is -2.11. The maximum Gasteiger partial charge on any atom is 0.307 e. The van der Waals surface area contributed by atoms with Crippen molar-refractivity contribution < 1.29 is 9.53 Å². The SMILES string of the molecule is CCOC(=O)CC(Cl)CCCCCCl. The highest BCUT2D eigenvalue weighted by molar-refractivity contribution is 6.21. The molecule has 0 radical (unpaired) electrons. The number of hydrogen-bond donors (Lipinski definition) is 0. The highest BCUT2D eigenvalue weighted by atomic mass is 35.5. The number of carbonyl (C=O) groups excluding carboxylic acids is 1. The molecule has 0 aliphatic rings. The monoisotopic (exact) mass is 240 g/mol. The zero-order valence-electron chi connectivity index (χ0n) is 8.60. The summed E-state index contributed by atoms with van der Waals surface area (Å²) in [6.45, 7) is 2.22. The van der Waals surface area contributed by atoms with Crippen molar-refractivity contribution in [2.24, 2.45) is 0 Å². The Bertz CT molecular complexity index is 151. The predicted molar refractivity (Wildman–Crippen MR) is 60.1 cm³/mol. The molecule has 0 aromatic rings. The highest BCUT2D eigenvalue weighted by Crippen LogP contribution is 2.13. The quantitative estimate of drug-likeness (QED) is 0.370. The molecule has 0 aliphatic carbocycles. The Morgan fingerprint density at radius 2 is 2.07 bits per heavy atom. The van der Waals surface area contributed by atoms with Crippen molar-refractivity contribution in [3.05, 3.63) is 0 Å². The minimum absolute atomic E-state index is 0.0932. The van der Waals surface area contributed by atoms with E-state index in [1.807, 2.05) is 0 Å². The number of unbranched alkanes of at least 4 members (excludes halogenated alkanes) is 2.